The Hall–Kier alpha value is -1.57. The van der Waals surface area contributed by atoms with Crippen molar-refractivity contribution in [2.24, 2.45) is 0 Å². The van der Waals surface area contributed by atoms with Crippen molar-refractivity contribution in [1.82, 2.24) is 4.98 Å². The van der Waals surface area contributed by atoms with E-state index in [4.69, 9.17) is 5.73 Å². The lowest BCUT2D eigenvalue weighted by Gasteiger charge is -2.22. The first-order valence-electron chi connectivity index (χ1n) is 6.12. The third kappa shape index (κ3) is 2.12. The van der Waals surface area contributed by atoms with Gasteiger partial charge in [-0.3, -0.25) is 0 Å². The molecule has 0 aliphatic carbocycles. The predicted molar refractivity (Wildman–Crippen MR) is 74.2 cm³/mol. The van der Waals surface area contributed by atoms with Gasteiger partial charge in [-0.15, -0.1) is 0 Å². The highest BCUT2D eigenvalue weighted by molar-refractivity contribution is 5.90. The lowest BCUT2D eigenvalue weighted by Crippen LogP contribution is -2.16. The summed E-state index contributed by atoms with van der Waals surface area (Å²) < 4.78 is 0. The first-order valence-corrected chi connectivity index (χ1v) is 6.12. The molecular formula is C15H20N2. The molecule has 2 N–H and O–H groups in total. The first-order chi connectivity index (χ1) is 7.93. The smallest absolute Gasteiger partial charge is 0.124 e. The van der Waals surface area contributed by atoms with Crippen LogP contribution in [0.15, 0.2) is 24.3 Å². The summed E-state index contributed by atoms with van der Waals surface area (Å²) >= 11 is 0. The Morgan fingerprint density at radius 1 is 1.24 bits per heavy atom. The van der Waals surface area contributed by atoms with Crippen molar-refractivity contribution in [3.8, 4) is 0 Å². The van der Waals surface area contributed by atoms with Crippen LogP contribution in [0.1, 0.15) is 39.0 Å². The van der Waals surface area contributed by atoms with Gasteiger partial charge in [0.1, 0.15) is 5.82 Å². The van der Waals surface area contributed by atoms with E-state index in [-0.39, 0.29) is 5.41 Å². The molecule has 0 aliphatic heterocycles. The molecule has 0 amide bonds. The number of nitrogens with zero attached hydrogens (tertiary/aromatic N) is 1. The third-order valence-corrected chi connectivity index (χ3v) is 3.06. The van der Waals surface area contributed by atoms with Gasteiger partial charge < -0.3 is 5.73 Å². The van der Waals surface area contributed by atoms with Crippen LogP contribution in [0.2, 0.25) is 0 Å². The molecule has 2 aromatic rings. The SMILES string of the molecule is CCc1cccc2cc(N)nc(C(C)(C)C)c12. The van der Waals surface area contributed by atoms with Gasteiger partial charge in [-0.25, -0.2) is 4.98 Å². The topological polar surface area (TPSA) is 38.9 Å². The lowest BCUT2D eigenvalue weighted by molar-refractivity contribution is 0.576. The summed E-state index contributed by atoms with van der Waals surface area (Å²) in [5, 5.41) is 2.47. The van der Waals surface area contributed by atoms with E-state index in [0.29, 0.717) is 5.82 Å². The molecule has 0 bridgehead atoms. The zero-order valence-electron chi connectivity index (χ0n) is 11.0. The van der Waals surface area contributed by atoms with Crippen molar-refractivity contribution in [3.05, 3.63) is 35.5 Å². The molecule has 0 unspecified atom stereocenters. The summed E-state index contributed by atoms with van der Waals surface area (Å²) in [5.74, 6) is 0.607. The second-order valence-electron chi connectivity index (χ2n) is 5.51. The van der Waals surface area contributed by atoms with Crippen molar-refractivity contribution in [1.29, 1.82) is 0 Å². The Morgan fingerprint density at radius 2 is 1.94 bits per heavy atom. The van der Waals surface area contributed by atoms with Crippen molar-refractivity contribution in [2.45, 2.75) is 39.5 Å². The van der Waals surface area contributed by atoms with Crippen LogP contribution in [-0.2, 0) is 11.8 Å². The molecule has 1 aromatic carbocycles. The van der Waals surface area contributed by atoms with Crippen molar-refractivity contribution in [2.75, 3.05) is 5.73 Å². The van der Waals surface area contributed by atoms with E-state index in [1.54, 1.807) is 0 Å². The minimum Gasteiger partial charge on any atom is -0.384 e. The number of rotatable bonds is 1. The van der Waals surface area contributed by atoms with Gasteiger partial charge in [-0.05, 0) is 23.4 Å². The molecule has 0 atom stereocenters. The van der Waals surface area contributed by atoms with E-state index in [1.165, 1.54) is 16.3 Å². The van der Waals surface area contributed by atoms with Crippen LogP contribution < -0.4 is 5.73 Å². The van der Waals surface area contributed by atoms with E-state index >= 15 is 0 Å². The average molecular weight is 228 g/mol. The highest BCUT2D eigenvalue weighted by Gasteiger charge is 2.20. The van der Waals surface area contributed by atoms with Gasteiger partial charge in [0.25, 0.3) is 0 Å². The van der Waals surface area contributed by atoms with Gasteiger partial charge in [0.2, 0.25) is 0 Å². The number of aryl methyl sites for hydroxylation is 1. The predicted octanol–water partition coefficient (Wildman–Crippen LogP) is 3.68. The van der Waals surface area contributed by atoms with Crippen LogP contribution in [0.3, 0.4) is 0 Å². The normalized spacial score (nSPS) is 12.0. The first kappa shape index (κ1) is 11.9. The minimum absolute atomic E-state index is 0.0128. The number of nitrogens with two attached hydrogens (primary N) is 1. The number of pyridine rings is 1. The van der Waals surface area contributed by atoms with E-state index in [0.717, 1.165) is 12.1 Å². The highest BCUT2D eigenvalue weighted by atomic mass is 14.8. The quantitative estimate of drug-likeness (QED) is 0.808. The molecule has 0 saturated heterocycles. The molecule has 2 heteroatoms. The molecule has 90 valence electrons. The largest absolute Gasteiger partial charge is 0.384 e. The van der Waals surface area contributed by atoms with Gasteiger partial charge in [0.15, 0.2) is 0 Å². The highest BCUT2D eigenvalue weighted by Crippen LogP contribution is 2.32. The molecule has 0 radical (unpaired) electrons. The number of aromatic nitrogens is 1. The van der Waals surface area contributed by atoms with E-state index < -0.39 is 0 Å². The van der Waals surface area contributed by atoms with Crippen molar-refractivity contribution in [3.63, 3.8) is 0 Å². The summed E-state index contributed by atoms with van der Waals surface area (Å²) in [5.41, 5.74) is 8.36. The molecular weight excluding hydrogens is 208 g/mol. The van der Waals surface area contributed by atoms with Crippen molar-refractivity contribution >= 4 is 16.6 Å². The number of anilines is 1. The Balaban J connectivity index is 2.89. The number of hydrogen-bond donors (Lipinski definition) is 1. The zero-order valence-corrected chi connectivity index (χ0v) is 11.0. The molecule has 0 aliphatic rings. The Morgan fingerprint density at radius 3 is 2.53 bits per heavy atom. The number of hydrogen-bond acceptors (Lipinski definition) is 2. The summed E-state index contributed by atoms with van der Waals surface area (Å²) in [7, 11) is 0. The molecule has 0 fully saturated rings. The standard InChI is InChI=1S/C15H20N2/c1-5-10-7-6-8-11-9-12(16)17-14(13(10)11)15(2,3)4/h6-9H,5H2,1-4H3,(H2,16,17). The third-order valence-electron chi connectivity index (χ3n) is 3.06. The Kier molecular flexibility index (Phi) is 2.82. The Labute approximate surface area is 103 Å². The minimum atomic E-state index is 0.0128. The molecule has 2 rings (SSSR count). The summed E-state index contributed by atoms with van der Waals surface area (Å²) in [6, 6.07) is 8.34. The average Bonchev–Trinajstić information content (AvgIpc) is 2.25. The lowest BCUT2D eigenvalue weighted by atomic mass is 9.86. The van der Waals surface area contributed by atoms with Crippen molar-refractivity contribution < 1.29 is 0 Å². The van der Waals surface area contributed by atoms with Gasteiger partial charge in [-0.1, -0.05) is 45.9 Å². The van der Waals surface area contributed by atoms with Gasteiger partial charge >= 0.3 is 0 Å². The molecule has 2 nitrogen and oxygen atoms in total. The fraction of sp³-hybridized carbons (Fsp3) is 0.400. The van der Waals surface area contributed by atoms with Crippen LogP contribution in [0, 0.1) is 0 Å². The number of fused-ring (bicyclic) bond motifs is 1. The molecule has 0 saturated carbocycles. The monoisotopic (exact) mass is 228 g/mol. The molecule has 1 heterocycles. The van der Waals surface area contributed by atoms with Crippen LogP contribution in [0.5, 0.6) is 0 Å². The summed E-state index contributed by atoms with van der Waals surface area (Å²) in [6.07, 6.45) is 1.02. The molecule has 1 aromatic heterocycles. The Bertz CT molecular complexity index is 551. The fourth-order valence-corrected chi connectivity index (χ4v) is 2.24. The summed E-state index contributed by atoms with van der Waals surface area (Å²) in [6.45, 7) is 8.72. The van der Waals surface area contributed by atoms with Gasteiger partial charge in [0.05, 0.1) is 5.69 Å². The van der Waals surface area contributed by atoms with E-state index in [1.807, 2.05) is 6.07 Å². The number of benzene rings is 1. The summed E-state index contributed by atoms with van der Waals surface area (Å²) in [4.78, 5) is 4.56. The van der Waals surface area contributed by atoms with Crippen LogP contribution in [0.25, 0.3) is 10.8 Å². The van der Waals surface area contributed by atoms with E-state index in [2.05, 4.69) is 50.9 Å². The van der Waals surface area contributed by atoms with Crippen LogP contribution in [-0.4, -0.2) is 4.98 Å². The molecule has 17 heavy (non-hydrogen) atoms. The van der Waals surface area contributed by atoms with Crippen LogP contribution >= 0.6 is 0 Å². The maximum atomic E-state index is 5.90. The van der Waals surface area contributed by atoms with Crippen LogP contribution in [0.4, 0.5) is 5.82 Å². The number of nitrogen functional groups attached to an aromatic ring is 1. The maximum absolute atomic E-state index is 5.90. The van der Waals surface area contributed by atoms with Gasteiger partial charge in [-0.2, -0.15) is 0 Å². The maximum Gasteiger partial charge on any atom is 0.124 e. The second kappa shape index (κ2) is 4.02. The molecule has 0 spiro atoms. The fourth-order valence-electron chi connectivity index (χ4n) is 2.24. The zero-order chi connectivity index (χ0) is 12.6. The van der Waals surface area contributed by atoms with Gasteiger partial charge in [0, 0.05) is 10.8 Å². The van der Waals surface area contributed by atoms with E-state index in [9.17, 15) is 0 Å². The second-order valence-corrected chi connectivity index (χ2v) is 5.51.